The van der Waals surface area contributed by atoms with Crippen molar-refractivity contribution in [3.05, 3.63) is 137 Å². The first-order valence-electron chi connectivity index (χ1n) is 23.1. The van der Waals surface area contributed by atoms with Gasteiger partial charge >= 0.3 is 0 Å². The monoisotopic (exact) mass is 787 g/mol. The Bertz CT molecular complexity index is 1600. The molecule has 0 saturated heterocycles. The highest BCUT2D eigenvalue weighted by Crippen LogP contribution is 2.18. The highest BCUT2D eigenvalue weighted by molar-refractivity contribution is 5.81. The molecular weight excluding hydrogens is 709 g/mol. The van der Waals surface area contributed by atoms with Crippen molar-refractivity contribution in [1.82, 2.24) is 0 Å². The Kier molecular flexibility index (Phi) is 30.8. The number of unbranched alkanes of at least 4 members (excludes halogenated alkanes) is 19. The van der Waals surface area contributed by atoms with E-state index in [2.05, 4.69) is 97.7 Å². The van der Waals surface area contributed by atoms with E-state index in [1.54, 1.807) is 6.08 Å². The van der Waals surface area contributed by atoms with Gasteiger partial charge in [-0.15, -0.1) is 0 Å². The van der Waals surface area contributed by atoms with Gasteiger partial charge in [-0.3, -0.25) is 4.79 Å². The van der Waals surface area contributed by atoms with Gasteiger partial charge in [-0.25, -0.2) is 9.79 Å². The molecule has 58 heavy (non-hydrogen) atoms. The van der Waals surface area contributed by atoms with E-state index in [4.69, 9.17) is 5.73 Å². The Morgan fingerprint density at radius 2 is 0.845 bits per heavy atom. The number of para-hydroxylation sites is 1. The summed E-state index contributed by atoms with van der Waals surface area (Å²) in [5.74, 6) is 0.390. The van der Waals surface area contributed by atoms with E-state index in [-0.39, 0.29) is 0 Å². The average Bonchev–Trinajstić information content (AvgIpc) is 3.25. The Morgan fingerprint density at radius 1 is 0.466 bits per heavy atom. The van der Waals surface area contributed by atoms with Crippen molar-refractivity contribution >= 4 is 17.6 Å². The lowest BCUT2D eigenvalue weighted by Crippen LogP contribution is -2.05. The molecular formula is C54H78N2O2. The fraction of sp³-hybridized carbons (Fsp3) is 0.519. The molecule has 0 amide bonds. The van der Waals surface area contributed by atoms with Gasteiger partial charge in [0.25, 0.3) is 0 Å². The summed E-state index contributed by atoms with van der Waals surface area (Å²) in [5, 5.41) is 0. The van der Waals surface area contributed by atoms with Gasteiger partial charge in [0.15, 0.2) is 0 Å². The summed E-state index contributed by atoms with van der Waals surface area (Å²) >= 11 is 0. The molecule has 4 aromatic rings. The highest BCUT2D eigenvalue weighted by Gasteiger charge is 2.09. The number of carbonyl (C=O) groups is 1. The van der Waals surface area contributed by atoms with Gasteiger partial charge in [-0.2, -0.15) is 0 Å². The maximum Gasteiger partial charge on any atom is 0.234 e. The second-order valence-electron chi connectivity index (χ2n) is 15.9. The van der Waals surface area contributed by atoms with Crippen LogP contribution >= 0.6 is 0 Å². The smallest absolute Gasteiger partial charge is 0.234 e. The summed E-state index contributed by atoms with van der Waals surface area (Å²) in [4.78, 5) is 25.8. The fourth-order valence-corrected chi connectivity index (χ4v) is 7.24. The van der Waals surface area contributed by atoms with Gasteiger partial charge < -0.3 is 5.73 Å². The number of Topliss-reactive ketones (excluding diaryl/α,β-unsaturated/α-hetero) is 1. The van der Waals surface area contributed by atoms with Gasteiger partial charge in [0.1, 0.15) is 5.78 Å². The van der Waals surface area contributed by atoms with E-state index >= 15 is 0 Å². The molecule has 0 bridgehead atoms. The predicted molar refractivity (Wildman–Crippen MR) is 250 cm³/mol. The van der Waals surface area contributed by atoms with Crippen LogP contribution < -0.4 is 5.73 Å². The first-order chi connectivity index (χ1) is 28.6. The summed E-state index contributed by atoms with van der Waals surface area (Å²) in [5.41, 5.74) is 13.0. The minimum Gasteiger partial charge on any atom is -0.398 e. The lowest BCUT2D eigenvalue weighted by atomic mass is 9.95. The Hall–Kier alpha value is -4.27. The molecule has 0 atom stereocenters. The molecule has 0 fully saturated rings. The maximum atomic E-state index is 12.5. The molecule has 0 aromatic heterocycles. The molecule has 4 rings (SSSR count). The molecule has 316 valence electrons. The number of ketones is 1. The molecule has 4 heteroatoms. The zero-order valence-electron chi connectivity index (χ0n) is 36.6. The summed E-state index contributed by atoms with van der Waals surface area (Å²) in [6.45, 7) is 5.19. The number of aliphatic imine (C=N–C) groups is 1. The van der Waals surface area contributed by atoms with Gasteiger partial charge in [0.05, 0.1) is 6.54 Å². The molecule has 0 aliphatic heterocycles. The van der Waals surface area contributed by atoms with Crippen molar-refractivity contribution < 1.29 is 9.59 Å². The predicted octanol–water partition coefficient (Wildman–Crippen LogP) is 15.2. The number of rotatable bonds is 29. The number of nitrogens with two attached hydrogens (primary N) is 1. The molecule has 2 N–H and O–H groups in total. The fourth-order valence-electron chi connectivity index (χ4n) is 7.24. The third-order valence-electron chi connectivity index (χ3n) is 10.8. The highest BCUT2D eigenvalue weighted by atomic mass is 16.1. The SMILES string of the molecule is CCCCCCCCCCCCCC(=O)Cc1ccccc1Cc1ccccc1.CCCCCCCCCCCCN=C=O.Nc1ccccc1Cc1ccccc1. The second kappa shape index (κ2) is 35.9. The van der Waals surface area contributed by atoms with Gasteiger partial charge in [0.2, 0.25) is 6.08 Å². The number of hydrogen-bond donors (Lipinski definition) is 1. The second-order valence-corrected chi connectivity index (χ2v) is 15.9. The molecule has 0 radical (unpaired) electrons. The number of nitrogen functional groups attached to an aromatic ring is 1. The van der Waals surface area contributed by atoms with Crippen LogP contribution in [0.5, 0.6) is 0 Å². The maximum absolute atomic E-state index is 12.5. The number of nitrogens with zero attached hydrogens (tertiary/aromatic N) is 1. The Balaban J connectivity index is 0.000000335. The number of carbonyl (C=O) groups excluding carboxylic acids is 2. The number of anilines is 1. The standard InChI is InChI=1S/C28H40O.C13H25NO.C13H13N/c1-2-3-4-5-6-7-8-9-10-11-15-22-28(29)24-27-21-17-16-20-26(27)23-25-18-13-12-14-19-25;1-2-3-4-5-6-7-8-9-10-11-12-14-13-15;14-13-9-5-4-8-12(13)10-11-6-2-1-3-7-11/h12-14,16-21H,2-11,15,22-24H2,1H3;2-12H2,1H3;1-9H,10,14H2. The average molecular weight is 787 g/mol. The van der Waals surface area contributed by atoms with E-state index < -0.39 is 0 Å². The molecule has 0 saturated carbocycles. The van der Waals surface area contributed by atoms with E-state index in [1.165, 1.54) is 150 Å². The normalized spacial score (nSPS) is 10.4. The molecule has 4 nitrogen and oxygen atoms in total. The molecule has 0 heterocycles. The van der Waals surface area contributed by atoms with Crippen molar-refractivity contribution in [1.29, 1.82) is 0 Å². The van der Waals surface area contributed by atoms with E-state index in [0.29, 0.717) is 18.7 Å². The minimum atomic E-state index is 0.390. The molecule has 0 spiro atoms. The topological polar surface area (TPSA) is 72.5 Å². The Labute approximate surface area is 354 Å². The largest absolute Gasteiger partial charge is 0.398 e. The van der Waals surface area contributed by atoms with Gasteiger partial charge in [0, 0.05) is 18.5 Å². The van der Waals surface area contributed by atoms with E-state index in [1.807, 2.05) is 30.3 Å². The van der Waals surface area contributed by atoms with Crippen LogP contribution in [0.15, 0.2) is 114 Å². The lowest BCUT2D eigenvalue weighted by molar-refractivity contribution is -0.118. The Morgan fingerprint density at radius 3 is 1.31 bits per heavy atom. The van der Waals surface area contributed by atoms with Crippen molar-refractivity contribution in [2.24, 2.45) is 4.99 Å². The van der Waals surface area contributed by atoms with Crippen LogP contribution in [0.25, 0.3) is 0 Å². The molecule has 0 aliphatic carbocycles. The zero-order valence-corrected chi connectivity index (χ0v) is 36.6. The van der Waals surface area contributed by atoms with Gasteiger partial charge in [-0.1, -0.05) is 239 Å². The minimum absolute atomic E-state index is 0.390. The van der Waals surface area contributed by atoms with Crippen LogP contribution in [0.4, 0.5) is 5.69 Å². The first-order valence-corrected chi connectivity index (χ1v) is 23.1. The van der Waals surface area contributed by atoms with Crippen LogP contribution in [0.1, 0.15) is 183 Å². The van der Waals surface area contributed by atoms with Crippen LogP contribution in [0.3, 0.4) is 0 Å². The van der Waals surface area contributed by atoms with Crippen molar-refractivity contribution in [2.45, 2.75) is 174 Å². The van der Waals surface area contributed by atoms with Crippen LogP contribution in [0, 0.1) is 0 Å². The van der Waals surface area contributed by atoms with Crippen molar-refractivity contribution in [2.75, 3.05) is 12.3 Å². The molecule has 0 aliphatic rings. The van der Waals surface area contributed by atoms with Crippen LogP contribution in [-0.4, -0.2) is 18.4 Å². The summed E-state index contributed by atoms with van der Waals surface area (Å²) < 4.78 is 0. The summed E-state index contributed by atoms with van der Waals surface area (Å²) in [7, 11) is 0. The number of hydrogen-bond acceptors (Lipinski definition) is 4. The van der Waals surface area contributed by atoms with Crippen molar-refractivity contribution in [3.8, 4) is 0 Å². The van der Waals surface area contributed by atoms with Gasteiger partial charge in [-0.05, 0) is 59.6 Å². The number of benzene rings is 4. The summed E-state index contributed by atoms with van der Waals surface area (Å²) in [6.07, 6.45) is 32.5. The third-order valence-corrected chi connectivity index (χ3v) is 10.8. The zero-order chi connectivity index (χ0) is 41.6. The first kappa shape index (κ1) is 49.9. The number of isocyanates is 1. The van der Waals surface area contributed by atoms with Crippen LogP contribution in [0.2, 0.25) is 0 Å². The lowest BCUT2D eigenvalue weighted by Gasteiger charge is -2.09. The molecule has 4 aromatic carbocycles. The molecule has 0 unspecified atom stereocenters. The van der Waals surface area contributed by atoms with E-state index in [9.17, 15) is 9.59 Å². The summed E-state index contributed by atoms with van der Waals surface area (Å²) in [6, 6.07) is 37.3. The quantitative estimate of drug-likeness (QED) is 0.0258. The van der Waals surface area contributed by atoms with E-state index in [0.717, 1.165) is 37.8 Å². The van der Waals surface area contributed by atoms with Crippen molar-refractivity contribution in [3.63, 3.8) is 0 Å². The van der Waals surface area contributed by atoms with Crippen LogP contribution in [-0.2, 0) is 28.9 Å². The third kappa shape index (κ3) is 26.6.